The molecular formula is C28H17ClF3N3O4S. The fourth-order valence-corrected chi connectivity index (χ4v) is 5.74. The van der Waals surface area contributed by atoms with Crippen molar-refractivity contribution < 1.29 is 27.8 Å². The number of halogens is 4. The van der Waals surface area contributed by atoms with Crippen LogP contribution in [0.5, 0.6) is 5.75 Å². The van der Waals surface area contributed by atoms with Crippen LogP contribution >= 0.6 is 22.9 Å². The van der Waals surface area contributed by atoms with Crippen LogP contribution < -0.4 is 10.3 Å². The number of fused-ring (bicyclic) bond motifs is 2. The molecule has 12 heteroatoms. The molecule has 0 atom stereocenters. The van der Waals surface area contributed by atoms with Gasteiger partial charge in [-0.15, -0.1) is 11.3 Å². The molecule has 2 aromatic heterocycles. The molecule has 0 saturated carbocycles. The number of carbonyl (C=O) groups is 1. The summed E-state index contributed by atoms with van der Waals surface area (Å²) in [6.45, 7) is 1.46. The summed E-state index contributed by atoms with van der Waals surface area (Å²) in [7, 11) is 0. The number of thiophene rings is 1. The number of rotatable bonds is 6. The lowest BCUT2D eigenvalue weighted by Gasteiger charge is -2.16. The number of aromatic nitrogens is 2. The van der Waals surface area contributed by atoms with E-state index in [9.17, 15) is 33.1 Å². The quantitative estimate of drug-likeness (QED) is 0.233. The van der Waals surface area contributed by atoms with E-state index >= 15 is 0 Å². The average Bonchev–Trinajstić information content (AvgIpc) is 3.34. The van der Waals surface area contributed by atoms with E-state index in [-0.39, 0.29) is 35.4 Å². The van der Waals surface area contributed by atoms with Crippen LogP contribution in [0, 0.1) is 18.3 Å². The Morgan fingerprint density at radius 1 is 1.20 bits per heavy atom. The second kappa shape index (κ2) is 10.3. The van der Waals surface area contributed by atoms with E-state index in [4.69, 9.17) is 16.3 Å². The second-order valence-corrected chi connectivity index (χ2v) is 10.1. The van der Waals surface area contributed by atoms with E-state index in [0.717, 1.165) is 10.8 Å². The molecule has 5 rings (SSSR count). The summed E-state index contributed by atoms with van der Waals surface area (Å²) in [5, 5.41) is 21.3. The highest BCUT2D eigenvalue weighted by molar-refractivity contribution is 7.18. The molecule has 0 spiro atoms. The van der Waals surface area contributed by atoms with Crippen LogP contribution in [0.3, 0.4) is 0 Å². The van der Waals surface area contributed by atoms with Crippen molar-refractivity contribution in [2.24, 2.45) is 0 Å². The van der Waals surface area contributed by atoms with Gasteiger partial charge in [-0.25, -0.2) is 9.78 Å². The number of aromatic carboxylic acids is 1. The number of nitrogens with zero attached hydrogens (tertiary/aromatic N) is 3. The number of carboxylic acids is 1. The average molecular weight is 584 g/mol. The normalized spacial score (nSPS) is 11.6. The predicted octanol–water partition coefficient (Wildman–Crippen LogP) is 6.91. The molecule has 202 valence electrons. The lowest BCUT2D eigenvalue weighted by Crippen LogP contribution is -2.27. The summed E-state index contributed by atoms with van der Waals surface area (Å²) in [6, 6.07) is 13.3. The van der Waals surface area contributed by atoms with E-state index < -0.39 is 28.8 Å². The summed E-state index contributed by atoms with van der Waals surface area (Å²) in [5.74, 6) is -0.454. The Balaban J connectivity index is 1.49. The van der Waals surface area contributed by atoms with Gasteiger partial charge in [0.05, 0.1) is 34.1 Å². The molecule has 0 saturated heterocycles. The van der Waals surface area contributed by atoms with Crippen LogP contribution in [0.1, 0.15) is 27.3 Å². The van der Waals surface area contributed by atoms with Gasteiger partial charge in [0.1, 0.15) is 24.3 Å². The largest absolute Gasteiger partial charge is 0.491 e. The molecule has 7 nitrogen and oxygen atoms in total. The molecule has 0 aliphatic carbocycles. The number of ether oxygens (including phenoxy) is 1. The Labute approximate surface area is 233 Å². The molecule has 0 fully saturated rings. The number of nitriles is 1. The van der Waals surface area contributed by atoms with Gasteiger partial charge >= 0.3 is 12.1 Å². The van der Waals surface area contributed by atoms with Gasteiger partial charge in [-0.1, -0.05) is 29.8 Å². The summed E-state index contributed by atoms with van der Waals surface area (Å²) >= 11 is 7.55. The summed E-state index contributed by atoms with van der Waals surface area (Å²) in [6.07, 6.45) is -4.70. The third-order valence-corrected chi connectivity index (χ3v) is 7.60. The SMILES string of the molecule is Cc1nc2cc(C(F)(F)F)cc(C#N)c2c(=O)n1CCOc1ccc(Cl)cc1-c1cccc2c(C(=O)O)csc12. The number of carboxylic acid groups (broad SMARTS) is 1. The first kappa shape index (κ1) is 27.2. The Kier molecular flexibility index (Phi) is 6.99. The number of hydrogen-bond donors (Lipinski definition) is 1. The number of hydrogen-bond acceptors (Lipinski definition) is 6. The van der Waals surface area contributed by atoms with Gasteiger partial charge in [-0.05, 0) is 37.3 Å². The molecule has 5 aromatic rings. The molecule has 2 heterocycles. The van der Waals surface area contributed by atoms with Gasteiger partial charge < -0.3 is 9.84 Å². The van der Waals surface area contributed by atoms with Crippen molar-refractivity contribution >= 4 is 49.9 Å². The maximum atomic E-state index is 13.3. The molecule has 0 aliphatic rings. The zero-order valence-corrected chi connectivity index (χ0v) is 22.1. The zero-order valence-electron chi connectivity index (χ0n) is 20.5. The van der Waals surface area contributed by atoms with Crippen molar-refractivity contribution in [1.82, 2.24) is 9.55 Å². The van der Waals surface area contributed by atoms with E-state index in [1.165, 1.54) is 22.8 Å². The standard InChI is InChI=1S/C28H17ClF3N3O4S/c1-14-34-22-10-16(28(30,31)32)9-15(12-33)24(22)26(36)35(14)7-8-39-23-6-5-17(29)11-20(23)18-3-2-4-19-21(27(37)38)13-40-25(18)19/h2-6,9-11,13H,7-8H2,1H3,(H,37,38). The van der Waals surface area contributed by atoms with E-state index in [1.54, 1.807) is 41.8 Å². The first-order valence-corrected chi connectivity index (χ1v) is 12.9. The summed E-state index contributed by atoms with van der Waals surface area (Å²) < 4.78 is 47.8. The fourth-order valence-electron chi connectivity index (χ4n) is 4.49. The lowest BCUT2D eigenvalue weighted by atomic mass is 10.0. The molecule has 40 heavy (non-hydrogen) atoms. The van der Waals surface area contributed by atoms with Gasteiger partial charge in [0.15, 0.2) is 0 Å². The van der Waals surface area contributed by atoms with Crippen molar-refractivity contribution in [2.45, 2.75) is 19.6 Å². The minimum Gasteiger partial charge on any atom is -0.491 e. The van der Waals surface area contributed by atoms with Crippen LogP contribution in [-0.2, 0) is 12.7 Å². The van der Waals surface area contributed by atoms with Crippen LogP contribution in [0.2, 0.25) is 5.02 Å². The minimum absolute atomic E-state index is 0.00602. The zero-order chi connectivity index (χ0) is 28.8. The van der Waals surface area contributed by atoms with Gasteiger partial charge in [0, 0.05) is 31.6 Å². The van der Waals surface area contributed by atoms with Crippen molar-refractivity contribution in [3.8, 4) is 22.9 Å². The highest BCUT2D eigenvalue weighted by Crippen LogP contribution is 2.40. The molecule has 0 aliphatic heterocycles. The van der Waals surface area contributed by atoms with Gasteiger partial charge in [-0.2, -0.15) is 18.4 Å². The molecule has 0 bridgehead atoms. The van der Waals surface area contributed by atoms with Crippen LogP contribution in [0.15, 0.2) is 58.7 Å². The third kappa shape index (κ3) is 4.87. The first-order valence-electron chi connectivity index (χ1n) is 11.7. The number of benzene rings is 3. The topological polar surface area (TPSA) is 105 Å². The highest BCUT2D eigenvalue weighted by Gasteiger charge is 2.32. The van der Waals surface area contributed by atoms with Crippen LogP contribution in [0.25, 0.3) is 32.1 Å². The maximum absolute atomic E-state index is 13.3. The van der Waals surface area contributed by atoms with E-state index in [0.29, 0.717) is 33.4 Å². The molecule has 3 aromatic carbocycles. The van der Waals surface area contributed by atoms with Crippen LogP contribution in [0.4, 0.5) is 13.2 Å². The Morgan fingerprint density at radius 2 is 1.98 bits per heavy atom. The molecule has 1 N–H and O–H groups in total. The van der Waals surface area contributed by atoms with Gasteiger partial charge in [0.25, 0.3) is 5.56 Å². The predicted molar refractivity (Wildman–Crippen MR) is 145 cm³/mol. The first-order chi connectivity index (χ1) is 19.0. The smallest absolute Gasteiger partial charge is 0.416 e. The fraction of sp³-hybridized carbons (Fsp3) is 0.143. The summed E-state index contributed by atoms with van der Waals surface area (Å²) in [4.78, 5) is 29.0. The van der Waals surface area contributed by atoms with Crippen molar-refractivity contribution in [1.29, 1.82) is 5.26 Å². The third-order valence-electron chi connectivity index (χ3n) is 6.33. The van der Waals surface area contributed by atoms with Gasteiger partial charge in [0.2, 0.25) is 0 Å². The Hall–Kier alpha value is -4.40. The van der Waals surface area contributed by atoms with Crippen molar-refractivity contribution in [3.63, 3.8) is 0 Å². The molecular weight excluding hydrogens is 567 g/mol. The lowest BCUT2D eigenvalue weighted by molar-refractivity contribution is -0.137. The van der Waals surface area contributed by atoms with Crippen molar-refractivity contribution in [3.05, 3.63) is 91.8 Å². The summed E-state index contributed by atoms with van der Waals surface area (Å²) in [5.41, 5.74) is -0.828. The number of aryl methyl sites for hydroxylation is 1. The molecule has 0 amide bonds. The van der Waals surface area contributed by atoms with E-state index in [1.807, 2.05) is 6.07 Å². The highest BCUT2D eigenvalue weighted by atomic mass is 35.5. The van der Waals surface area contributed by atoms with Crippen LogP contribution in [-0.4, -0.2) is 27.2 Å². The maximum Gasteiger partial charge on any atom is 0.416 e. The number of alkyl halides is 3. The second-order valence-electron chi connectivity index (χ2n) is 8.77. The Bertz CT molecular complexity index is 1930. The van der Waals surface area contributed by atoms with E-state index in [2.05, 4.69) is 4.98 Å². The molecule has 0 unspecified atom stereocenters. The monoisotopic (exact) mass is 583 g/mol. The Morgan fingerprint density at radius 3 is 2.67 bits per heavy atom. The van der Waals surface area contributed by atoms with Crippen molar-refractivity contribution in [2.75, 3.05) is 6.61 Å². The minimum atomic E-state index is -4.70. The molecule has 0 radical (unpaired) electrons. The van der Waals surface area contributed by atoms with Gasteiger partial charge in [-0.3, -0.25) is 9.36 Å².